The third kappa shape index (κ3) is 4.35. The summed E-state index contributed by atoms with van der Waals surface area (Å²) in [7, 11) is 4.07. The fourth-order valence-corrected chi connectivity index (χ4v) is 2.86. The summed E-state index contributed by atoms with van der Waals surface area (Å²) in [5.41, 5.74) is -0.0181. The standard InChI is InChI=1S/C13H27N3OS/c1-12(2,15(5)6)9-14-11(17)16-7-8-18-13(3,4)10-16/h7-10H2,1-6H3,(H,14,17). The lowest BCUT2D eigenvalue weighted by atomic mass is 10.0. The highest BCUT2D eigenvalue weighted by molar-refractivity contribution is 8.00. The molecule has 1 fully saturated rings. The maximum absolute atomic E-state index is 12.1. The van der Waals surface area contributed by atoms with E-state index in [0.29, 0.717) is 6.54 Å². The van der Waals surface area contributed by atoms with E-state index in [-0.39, 0.29) is 16.3 Å². The van der Waals surface area contributed by atoms with Crippen molar-refractivity contribution in [1.29, 1.82) is 0 Å². The van der Waals surface area contributed by atoms with E-state index in [1.54, 1.807) is 0 Å². The van der Waals surface area contributed by atoms with Gasteiger partial charge in [-0.1, -0.05) is 0 Å². The maximum atomic E-state index is 12.1. The predicted octanol–water partition coefficient (Wildman–Crippen LogP) is 1.86. The minimum absolute atomic E-state index is 0.0181. The molecule has 1 N–H and O–H groups in total. The van der Waals surface area contributed by atoms with Crippen molar-refractivity contribution in [2.24, 2.45) is 0 Å². The van der Waals surface area contributed by atoms with Crippen molar-refractivity contribution in [2.45, 2.75) is 38.0 Å². The van der Waals surface area contributed by atoms with Crippen LogP contribution in [0, 0.1) is 0 Å². The van der Waals surface area contributed by atoms with E-state index in [1.165, 1.54) is 0 Å². The highest BCUT2D eigenvalue weighted by atomic mass is 32.2. The lowest BCUT2D eigenvalue weighted by Crippen LogP contribution is -2.54. The van der Waals surface area contributed by atoms with Crippen molar-refractivity contribution in [1.82, 2.24) is 15.1 Å². The molecular weight excluding hydrogens is 246 g/mol. The van der Waals surface area contributed by atoms with Gasteiger partial charge >= 0.3 is 6.03 Å². The Bertz CT molecular complexity index is 303. The largest absolute Gasteiger partial charge is 0.336 e. The molecule has 0 radical (unpaired) electrons. The molecule has 1 saturated heterocycles. The first kappa shape index (κ1) is 15.6. The number of nitrogens with one attached hydrogen (secondary N) is 1. The maximum Gasteiger partial charge on any atom is 0.317 e. The molecule has 0 spiro atoms. The van der Waals surface area contributed by atoms with Crippen LogP contribution < -0.4 is 5.32 Å². The van der Waals surface area contributed by atoms with Crippen LogP contribution in [0.5, 0.6) is 0 Å². The molecule has 1 aliphatic rings. The number of carbonyl (C=O) groups excluding carboxylic acids is 1. The lowest BCUT2D eigenvalue weighted by molar-refractivity contribution is 0.168. The summed E-state index contributed by atoms with van der Waals surface area (Å²) in [5, 5.41) is 3.05. The van der Waals surface area contributed by atoms with Gasteiger partial charge in [0.2, 0.25) is 0 Å². The molecule has 1 rings (SSSR count). The monoisotopic (exact) mass is 273 g/mol. The number of hydrogen-bond donors (Lipinski definition) is 1. The summed E-state index contributed by atoms with van der Waals surface area (Å²) in [5.74, 6) is 1.03. The van der Waals surface area contributed by atoms with Crippen LogP contribution in [0.1, 0.15) is 27.7 Å². The van der Waals surface area contributed by atoms with Crippen LogP contribution in [-0.2, 0) is 0 Å². The first-order chi connectivity index (χ1) is 8.14. The molecule has 0 aromatic heterocycles. The van der Waals surface area contributed by atoms with Crippen molar-refractivity contribution in [2.75, 3.05) is 39.5 Å². The molecule has 1 heterocycles. The van der Waals surface area contributed by atoms with E-state index in [2.05, 4.69) is 37.9 Å². The van der Waals surface area contributed by atoms with Gasteiger partial charge in [0, 0.05) is 35.7 Å². The molecule has 0 bridgehead atoms. The fraction of sp³-hybridized carbons (Fsp3) is 0.923. The molecule has 0 aromatic rings. The SMILES string of the molecule is CN(C)C(C)(C)CNC(=O)N1CCSC(C)(C)C1. The molecule has 0 atom stereocenters. The van der Waals surface area contributed by atoms with Crippen LogP contribution in [0.2, 0.25) is 0 Å². The summed E-state index contributed by atoms with van der Waals surface area (Å²) in [6, 6.07) is 0.0679. The second-order valence-electron chi connectivity index (χ2n) is 6.40. The Labute approximate surface area is 115 Å². The van der Waals surface area contributed by atoms with E-state index in [9.17, 15) is 4.79 Å². The number of thioether (sulfide) groups is 1. The second kappa shape index (κ2) is 5.70. The van der Waals surface area contributed by atoms with Gasteiger partial charge < -0.3 is 15.1 Å². The molecule has 18 heavy (non-hydrogen) atoms. The molecule has 0 saturated carbocycles. The van der Waals surface area contributed by atoms with Crippen LogP contribution in [0.3, 0.4) is 0 Å². The van der Waals surface area contributed by atoms with Crippen molar-refractivity contribution in [3.8, 4) is 0 Å². The van der Waals surface area contributed by atoms with Crippen LogP contribution in [-0.4, -0.2) is 65.6 Å². The number of hydrogen-bond acceptors (Lipinski definition) is 3. The van der Waals surface area contributed by atoms with Gasteiger partial charge in [0.15, 0.2) is 0 Å². The Morgan fingerprint density at radius 1 is 1.44 bits per heavy atom. The average Bonchev–Trinajstić information content (AvgIpc) is 2.24. The summed E-state index contributed by atoms with van der Waals surface area (Å²) >= 11 is 1.94. The van der Waals surface area contributed by atoms with Gasteiger partial charge in [-0.2, -0.15) is 11.8 Å². The van der Waals surface area contributed by atoms with E-state index in [4.69, 9.17) is 0 Å². The van der Waals surface area contributed by atoms with Gasteiger partial charge in [-0.05, 0) is 41.8 Å². The molecule has 5 heteroatoms. The third-order valence-electron chi connectivity index (χ3n) is 3.60. The van der Waals surface area contributed by atoms with Gasteiger partial charge in [0.25, 0.3) is 0 Å². The summed E-state index contributed by atoms with van der Waals surface area (Å²) in [6.45, 7) is 11.0. The number of nitrogens with zero attached hydrogens (tertiary/aromatic N) is 2. The number of amides is 2. The van der Waals surface area contributed by atoms with Gasteiger partial charge in [0.1, 0.15) is 0 Å². The zero-order chi connectivity index (χ0) is 14.0. The summed E-state index contributed by atoms with van der Waals surface area (Å²) in [4.78, 5) is 16.2. The highest BCUT2D eigenvalue weighted by Gasteiger charge is 2.30. The second-order valence-corrected chi connectivity index (χ2v) is 8.20. The first-order valence-electron chi connectivity index (χ1n) is 6.48. The Morgan fingerprint density at radius 2 is 2.06 bits per heavy atom. The van der Waals surface area contributed by atoms with Crippen molar-refractivity contribution < 1.29 is 4.79 Å². The minimum atomic E-state index is -0.0181. The molecule has 0 unspecified atom stereocenters. The average molecular weight is 273 g/mol. The number of urea groups is 1. The highest BCUT2D eigenvalue weighted by Crippen LogP contribution is 2.29. The quantitative estimate of drug-likeness (QED) is 0.852. The first-order valence-corrected chi connectivity index (χ1v) is 7.47. The molecule has 1 aliphatic heterocycles. The molecule has 106 valence electrons. The Kier molecular flexibility index (Phi) is 4.95. The van der Waals surface area contributed by atoms with Gasteiger partial charge in [-0.3, -0.25) is 0 Å². The van der Waals surface area contributed by atoms with Crippen LogP contribution in [0.25, 0.3) is 0 Å². The lowest BCUT2D eigenvalue weighted by Gasteiger charge is -2.39. The Hall–Kier alpha value is -0.420. The third-order valence-corrected chi connectivity index (χ3v) is 4.89. The van der Waals surface area contributed by atoms with Gasteiger partial charge in [-0.15, -0.1) is 0 Å². The molecule has 2 amide bonds. The predicted molar refractivity (Wildman–Crippen MR) is 79.3 cm³/mol. The topological polar surface area (TPSA) is 35.6 Å². The zero-order valence-electron chi connectivity index (χ0n) is 12.5. The number of likely N-dealkylation sites (N-methyl/N-ethyl adjacent to an activating group) is 1. The van der Waals surface area contributed by atoms with Gasteiger partial charge in [0.05, 0.1) is 0 Å². The molecule has 4 nitrogen and oxygen atoms in total. The smallest absolute Gasteiger partial charge is 0.317 e. The van der Waals surface area contributed by atoms with Crippen molar-refractivity contribution in [3.63, 3.8) is 0 Å². The minimum Gasteiger partial charge on any atom is -0.336 e. The summed E-state index contributed by atoms with van der Waals surface area (Å²) in [6.07, 6.45) is 0. The van der Waals surface area contributed by atoms with E-state index in [0.717, 1.165) is 18.8 Å². The van der Waals surface area contributed by atoms with Crippen LogP contribution in [0.15, 0.2) is 0 Å². The van der Waals surface area contributed by atoms with E-state index >= 15 is 0 Å². The zero-order valence-corrected chi connectivity index (χ0v) is 13.4. The van der Waals surface area contributed by atoms with Crippen molar-refractivity contribution in [3.05, 3.63) is 0 Å². The normalized spacial score (nSPS) is 20.1. The molecular formula is C13H27N3OS. The van der Waals surface area contributed by atoms with E-state index < -0.39 is 0 Å². The van der Waals surface area contributed by atoms with Crippen molar-refractivity contribution >= 4 is 17.8 Å². The number of rotatable bonds is 3. The van der Waals surface area contributed by atoms with E-state index in [1.807, 2.05) is 30.8 Å². The van der Waals surface area contributed by atoms with Gasteiger partial charge in [-0.25, -0.2) is 4.79 Å². The van der Waals surface area contributed by atoms with Crippen LogP contribution in [0.4, 0.5) is 4.79 Å². The Balaban J connectivity index is 2.46. The fourth-order valence-electron chi connectivity index (χ4n) is 1.75. The van der Waals surface area contributed by atoms with Crippen LogP contribution >= 0.6 is 11.8 Å². The summed E-state index contributed by atoms with van der Waals surface area (Å²) < 4.78 is 0.173. The number of carbonyl (C=O) groups is 1. The Morgan fingerprint density at radius 3 is 2.56 bits per heavy atom. The molecule has 0 aliphatic carbocycles. The molecule has 0 aromatic carbocycles.